The fourth-order valence-corrected chi connectivity index (χ4v) is 6.16. The number of aliphatic carboxylic acids is 1. The van der Waals surface area contributed by atoms with Crippen molar-refractivity contribution in [3.63, 3.8) is 0 Å². The van der Waals surface area contributed by atoms with E-state index in [1.165, 1.54) is 4.90 Å². The van der Waals surface area contributed by atoms with Crippen molar-refractivity contribution in [3.8, 4) is 0 Å². The molecule has 0 spiro atoms. The van der Waals surface area contributed by atoms with Crippen LogP contribution in [0.25, 0.3) is 0 Å². The quantitative estimate of drug-likeness (QED) is 0.0997. The topological polar surface area (TPSA) is 209 Å². The number of carbonyl (C=O) groups is 5. The van der Waals surface area contributed by atoms with E-state index in [4.69, 9.17) is 11.5 Å². The standard InChI is InChI=1S/C38H57N7O6/c1-26(2)22-31(34(47)43-30(16-10-11-19-39)36(49)45-20-17-38(40,18-21-45)37(50)51)44-35(48)32(23-28-12-6-4-7-13-28)42-33(46)25-41-24-27(3)29-14-8-5-9-15-29/h4-9,12-15,26-27,30-32,41H,10-11,16-25,39-40H2,1-3H3,(H,42,46)(H,43,47)(H,44,48)(H,50,51)/t27-,30-,31-,32-/m1/s1. The molecule has 1 heterocycles. The SMILES string of the molecule is CC(C)C[C@@H](NC(=O)[C@@H](Cc1ccccc1)NC(=O)CNC[C@@H](C)c1ccccc1)C(=O)N[C@H](CCCCN)C(=O)N1CCC(N)(C(=O)O)CC1. The minimum atomic E-state index is -1.40. The molecule has 1 saturated heterocycles. The van der Waals surface area contributed by atoms with Crippen LogP contribution in [0.1, 0.15) is 76.3 Å². The van der Waals surface area contributed by atoms with E-state index >= 15 is 0 Å². The number of nitrogens with zero attached hydrogens (tertiary/aromatic N) is 1. The number of carbonyl (C=O) groups excluding carboxylic acids is 4. The van der Waals surface area contributed by atoms with Gasteiger partial charge in [-0.25, -0.2) is 0 Å². The van der Waals surface area contributed by atoms with E-state index in [1.807, 2.05) is 74.5 Å². The lowest BCUT2D eigenvalue weighted by Gasteiger charge is -2.38. The Labute approximate surface area is 301 Å². The highest BCUT2D eigenvalue weighted by Crippen LogP contribution is 2.21. The minimum absolute atomic E-state index is 0.00643. The maximum Gasteiger partial charge on any atom is 0.323 e. The number of likely N-dealkylation sites (tertiary alicyclic amines) is 1. The third-order valence-electron chi connectivity index (χ3n) is 9.33. The molecule has 9 N–H and O–H groups in total. The molecule has 2 aromatic rings. The second-order valence-electron chi connectivity index (χ2n) is 14.1. The van der Waals surface area contributed by atoms with Gasteiger partial charge < -0.3 is 42.7 Å². The lowest BCUT2D eigenvalue weighted by atomic mass is 9.88. The molecule has 2 aromatic carbocycles. The van der Waals surface area contributed by atoms with E-state index in [2.05, 4.69) is 28.2 Å². The van der Waals surface area contributed by atoms with Crippen molar-refractivity contribution in [3.05, 3.63) is 71.8 Å². The van der Waals surface area contributed by atoms with Crippen LogP contribution in [0.3, 0.4) is 0 Å². The third kappa shape index (κ3) is 13.4. The number of piperidine rings is 1. The highest BCUT2D eigenvalue weighted by molar-refractivity contribution is 5.94. The van der Waals surface area contributed by atoms with Gasteiger partial charge in [-0.15, -0.1) is 0 Å². The Balaban J connectivity index is 1.71. The molecule has 3 rings (SSSR count). The van der Waals surface area contributed by atoms with E-state index in [1.54, 1.807) is 0 Å². The summed E-state index contributed by atoms with van der Waals surface area (Å²) >= 11 is 0. The van der Waals surface area contributed by atoms with Crippen LogP contribution in [0, 0.1) is 5.92 Å². The monoisotopic (exact) mass is 707 g/mol. The van der Waals surface area contributed by atoms with Crippen LogP contribution in [0.15, 0.2) is 60.7 Å². The van der Waals surface area contributed by atoms with E-state index < -0.39 is 41.4 Å². The normalized spacial score (nSPS) is 16.4. The third-order valence-corrected chi connectivity index (χ3v) is 9.33. The van der Waals surface area contributed by atoms with E-state index in [0.29, 0.717) is 38.8 Å². The minimum Gasteiger partial charge on any atom is -0.480 e. The Bertz CT molecular complexity index is 1420. The van der Waals surface area contributed by atoms with Crippen molar-refractivity contribution in [1.82, 2.24) is 26.2 Å². The summed E-state index contributed by atoms with van der Waals surface area (Å²) in [7, 11) is 0. The Hall–Kier alpha value is -4.33. The Morgan fingerprint density at radius 1 is 0.824 bits per heavy atom. The average molecular weight is 708 g/mol. The zero-order chi connectivity index (χ0) is 37.4. The molecule has 0 aromatic heterocycles. The number of carboxylic acid groups (broad SMARTS) is 1. The molecule has 4 atom stereocenters. The smallest absolute Gasteiger partial charge is 0.323 e. The number of hydrogen-bond donors (Lipinski definition) is 7. The largest absolute Gasteiger partial charge is 0.480 e. The summed E-state index contributed by atoms with van der Waals surface area (Å²) in [4.78, 5) is 67.7. The summed E-state index contributed by atoms with van der Waals surface area (Å²) in [5.74, 6) is -2.62. The predicted octanol–water partition coefficient (Wildman–Crippen LogP) is 1.66. The van der Waals surface area contributed by atoms with Crippen molar-refractivity contribution in [2.24, 2.45) is 17.4 Å². The van der Waals surface area contributed by atoms with Gasteiger partial charge in [0, 0.05) is 26.1 Å². The summed E-state index contributed by atoms with van der Waals surface area (Å²) in [5, 5.41) is 21.3. The molecule has 51 heavy (non-hydrogen) atoms. The number of rotatable bonds is 20. The number of amides is 4. The molecule has 1 fully saturated rings. The lowest BCUT2D eigenvalue weighted by molar-refractivity contribution is -0.148. The Morgan fingerprint density at radius 3 is 2.00 bits per heavy atom. The second kappa shape index (κ2) is 20.5. The molecule has 13 nitrogen and oxygen atoms in total. The number of carboxylic acids is 1. The maximum absolute atomic E-state index is 13.9. The fourth-order valence-electron chi connectivity index (χ4n) is 6.16. The average Bonchev–Trinajstić information content (AvgIpc) is 3.11. The fraction of sp³-hybridized carbons (Fsp3) is 0.553. The first kappa shape index (κ1) is 41.1. The molecule has 13 heteroatoms. The van der Waals surface area contributed by atoms with Crippen molar-refractivity contribution >= 4 is 29.6 Å². The van der Waals surface area contributed by atoms with Crippen molar-refractivity contribution in [2.45, 2.75) is 95.3 Å². The lowest BCUT2D eigenvalue weighted by Crippen LogP contribution is -2.60. The zero-order valence-electron chi connectivity index (χ0n) is 30.2. The Kier molecular flexibility index (Phi) is 16.5. The van der Waals surface area contributed by atoms with E-state index in [0.717, 1.165) is 11.1 Å². The van der Waals surface area contributed by atoms with Crippen molar-refractivity contribution < 1.29 is 29.1 Å². The second-order valence-corrected chi connectivity index (χ2v) is 14.1. The summed E-state index contributed by atoms with van der Waals surface area (Å²) in [5.41, 5.74) is 12.3. The molecule has 4 amide bonds. The molecular weight excluding hydrogens is 650 g/mol. The van der Waals surface area contributed by atoms with Gasteiger partial charge in [-0.1, -0.05) is 81.4 Å². The van der Waals surface area contributed by atoms with E-state index in [9.17, 15) is 29.1 Å². The molecule has 0 aliphatic carbocycles. The molecule has 1 aliphatic heterocycles. The van der Waals surface area contributed by atoms with Crippen LogP contribution in [-0.4, -0.2) is 96.0 Å². The molecule has 280 valence electrons. The molecule has 0 saturated carbocycles. The van der Waals surface area contributed by atoms with Gasteiger partial charge >= 0.3 is 5.97 Å². The van der Waals surface area contributed by atoms with Gasteiger partial charge in [0.1, 0.15) is 23.7 Å². The van der Waals surface area contributed by atoms with Gasteiger partial charge in [0.05, 0.1) is 6.54 Å². The van der Waals surface area contributed by atoms with Crippen LogP contribution in [0.5, 0.6) is 0 Å². The van der Waals surface area contributed by atoms with Crippen LogP contribution in [0.2, 0.25) is 0 Å². The zero-order valence-corrected chi connectivity index (χ0v) is 30.2. The summed E-state index contributed by atoms with van der Waals surface area (Å²) in [6.07, 6.45) is 2.27. The first-order valence-corrected chi connectivity index (χ1v) is 18.0. The number of benzene rings is 2. The van der Waals surface area contributed by atoms with E-state index in [-0.39, 0.29) is 62.5 Å². The van der Waals surface area contributed by atoms with Gasteiger partial charge in [-0.2, -0.15) is 0 Å². The highest BCUT2D eigenvalue weighted by Gasteiger charge is 2.40. The maximum atomic E-state index is 13.9. The number of nitrogens with one attached hydrogen (secondary N) is 4. The van der Waals surface area contributed by atoms with Gasteiger partial charge in [-0.3, -0.25) is 24.0 Å². The first-order chi connectivity index (χ1) is 24.3. The summed E-state index contributed by atoms with van der Waals surface area (Å²) < 4.78 is 0. The number of nitrogens with two attached hydrogens (primary N) is 2. The van der Waals surface area contributed by atoms with Gasteiger partial charge in [0.2, 0.25) is 23.6 Å². The van der Waals surface area contributed by atoms with Crippen LogP contribution in [-0.2, 0) is 30.4 Å². The summed E-state index contributed by atoms with van der Waals surface area (Å²) in [6, 6.07) is 16.5. The first-order valence-electron chi connectivity index (χ1n) is 18.0. The van der Waals surface area contributed by atoms with Crippen molar-refractivity contribution in [2.75, 3.05) is 32.7 Å². The molecule has 0 radical (unpaired) electrons. The van der Waals surface area contributed by atoms with Gasteiger partial charge in [-0.05, 0) is 68.0 Å². The molecule has 0 bridgehead atoms. The predicted molar refractivity (Wildman–Crippen MR) is 196 cm³/mol. The molecular formula is C38H57N7O6. The van der Waals surface area contributed by atoms with Gasteiger partial charge in [0.15, 0.2) is 0 Å². The highest BCUT2D eigenvalue weighted by atomic mass is 16.4. The van der Waals surface area contributed by atoms with Crippen molar-refractivity contribution in [1.29, 1.82) is 0 Å². The summed E-state index contributed by atoms with van der Waals surface area (Å²) in [6.45, 7) is 7.22. The van der Waals surface area contributed by atoms with Gasteiger partial charge in [0.25, 0.3) is 0 Å². The number of hydrogen-bond acceptors (Lipinski definition) is 8. The number of unbranched alkanes of at least 4 members (excludes halogenated alkanes) is 1. The molecule has 0 unspecified atom stereocenters. The van der Waals surface area contributed by atoms with Crippen LogP contribution in [0.4, 0.5) is 0 Å². The Morgan fingerprint density at radius 2 is 1.41 bits per heavy atom. The molecule has 1 aliphatic rings. The van der Waals surface area contributed by atoms with Crippen LogP contribution < -0.4 is 32.7 Å². The van der Waals surface area contributed by atoms with Crippen LogP contribution >= 0.6 is 0 Å².